The molecule has 0 spiro atoms. The van der Waals surface area contributed by atoms with Crippen LogP contribution >= 0.6 is 0 Å². The minimum atomic E-state index is -4.59. The largest absolute Gasteiger partial charge is 0.495 e. The van der Waals surface area contributed by atoms with Gasteiger partial charge >= 0.3 is 6.18 Å². The van der Waals surface area contributed by atoms with E-state index < -0.39 is 18.5 Å². The van der Waals surface area contributed by atoms with Crippen molar-refractivity contribution in [3.8, 4) is 5.75 Å². The van der Waals surface area contributed by atoms with Crippen LogP contribution in [0.4, 0.5) is 18.9 Å². The smallest absolute Gasteiger partial charge is 0.397 e. The highest BCUT2D eigenvalue weighted by Gasteiger charge is 2.31. The van der Waals surface area contributed by atoms with Gasteiger partial charge in [0, 0.05) is 5.56 Å². The molecule has 1 rings (SSSR count). The Morgan fingerprint density at radius 1 is 1.50 bits per heavy atom. The third kappa shape index (κ3) is 4.34. The van der Waals surface area contributed by atoms with E-state index in [4.69, 9.17) is 15.7 Å². The number of nitrogens with one attached hydrogen (secondary N) is 1. The molecule has 0 atom stereocenters. The van der Waals surface area contributed by atoms with Crippen LogP contribution in [0.25, 0.3) is 0 Å². The molecule has 6 nitrogen and oxygen atoms in total. The highest BCUT2D eigenvalue weighted by molar-refractivity contribution is 5.99. The van der Waals surface area contributed by atoms with Gasteiger partial charge in [-0.05, 0) is 18.2 Å². The van der Waals surface area contributed by atoms with Gasteiger partial charge in [-0.15, -0.1) is 0 Å². The number of methoxy groups -OCH3 is 1. The number of hydrogen-bond donors (Lipinski definition) is 3. The molecule has 0 heterocycles. The molecule has 0 saturated carbocycles. The van der Waals surface area contributed by atoms with Crippen LogP contribution in [0.1, 0.15) is 12.0 Å². The molecule has 0 aliphatic rings. The van der Waals surface area contributed by atoms with Gasteiger partial charge < -0.3 is 21.0 Å². The Morgan fingerprint density at radius 3 is 2.65 bits per heavy atom. The van der Waals surface area contributed by atoms with Crippen molar-refractivity contribution in [2.75, 3.05) is 12.4 Å². The Kier molecular flexibility index (Phi) is 4.78. The number of oxime groups is 1. The number of anilines is 1. The molecule has 0 unspecified atom stereocenters. The first-order chi connectivity index (χ1) is 9.26. The normalized spacial score (nSPS) is 12.1. The Balaban J connectivity index is 2.94. The van der Waals surface area contributed by atoms with Crippen LogP contribution in [0.2, 0.25) is 0 Å². The molecule has 0 radical (unpaired) electrons. The van der Waals surface area contributed by atoms with Crippen molar-refractivity contribution in [2.45, 2.75) is 12.6 Å². The zero-order valence-corrected chi connectivity index (χ0v) is 10.4. The number of hydrogen-bond acceptors (Lipinski definition) is 4. The first-order valence-corrected chi connectivity index (χ1v) is 5.29. The quantitative estimate of drug-likeness (QED) is 0.340. The summed E-state index contributed by atoms with van der Waals surface area (Å²) in [5.41, 5.74) is 5.70. The zero-order valence-electron chi connectivity index (χ0n) is 10.4. The van der Waals surface area contributed by atoms with E-state index in [2.05, 4.69) is 10.5 Å². The van der Waals surface area contributed by atoms with Crippen molar-refractivity contribution >= 4 is 17.4 Å². The van der Waals surface area contributed by atoms with Crippen molar-refractivity contribution in [1.82, 2.24) is 0 Å². The molecular formula is C11H12F3N3O3. The van der Waals surface area contributed by atoms with Crippen LogP contribution in [0.3, 0.4) is 0 Å². The molecule has 0 fully saturated rings. The van der Waals surface area contributed by atoms with Crippen molar-refractivity contribution in [3.05, 3.63) is 23.8 Å². The molecule has 0 bridgehead atoms. The fraction of sp³-hybridized carbons (Fsp3) is 0.273. The Labute approximate surface area is 112 Å². The number of rotatable bonds is 4. The molecule has 0 aliphatic heterocycles. The van der Waals surface area contributed by atoms with Gasteiger partial charge in [-0.2, -0.15) is 13.2 Å². The molecule has 1 aromatic rings. The molecule has 1 amide bonds. The summed E-state index contributed by atoms with van der Waals surface area (Å²) in [5.74, 6) is -1.33. The SMILES string of the molecule is COc1cc(/C(N)=N/O)ccc1NC(=O)CC(F)(F)F. The minimum Gasteiger partial charge on any atom is -0.495 e. The molecule has 0 aliphatic carbocycles. The van der Waals surface area contributed by atoms with Gasteiger partial charge in [0.2, 0.25) is 5.91 Å². The summed E-state index contributed by atoms with van der Waals surface area (Å²) in [5, 5.41) is 13.4. The summed E-state index contributed by atoms with van der Waals surface area (Å²) in [6.45, 7) is 0. The van der Waals surface area contributed by atoms with Crippen molar-refractivity contribution < 1.29 is 27.9 Å². The number of carbonyl (C=O) groups is 1. The van der Waals surface area contributed by atoms with E-state index in [0.717, 1.165) is 0 Å². The summed E-state index contributed by atoms with van der Waals surface area (Å²) >= 11 is 0. The van der Waals surface area contributed by atoms with E-state index in [-0.39, 0.29) is 22.8 Å². The molecule has 4 N–H and O–H groups in total. The third-order valence-corrected chi connectivity index (χ3v) is 2.24. The van der Waals surface area contributed by atoms with Crippen LogP contribution in [-0.2, 0) is 4.79 Å². The number of halogens is 3. The monoisotopic (exact) mass is 291 g/mol. The molecule has 110 valence electrons. The summed E-state index contributed by atoms with van der Waals surface area (Å²) in [6, 6.07) is 3.97. The average Bonchev–Trinajstić information content (AvgIpc) is 2.36. The third-order valence-electron chi connectivity index (χ3n) is 2.24. The van der Waals surface area contributed by atoms with E-state index in [1.165, 1.54) is 25.3 Å². The summed E-state index contributed by atoms with van der Waals surface area (Å²) in [7, 11) is 1.27. The van der Waals surface area contributed by atoms with E-state index >= 15 is 0 Å². The Morgan fingerprint density at radius 2 is 2.15 bits per heavy atom. The second kappa shape index (κ2) is 6.13. The summed E-state index contributed by atoms with van der Waals surface area (Å²) in [6.07, 6.45) is -6.19. The highest BCUT2D eigenvalue weighted by atomic mass is 19.4. The Hall–Kier alpha value is -2.45. The van der Waals surface area contributed by atoms with Crippen molar-refractivity contribution in [2.24, 2.45) is 10.9 Å². The van der Waals surface area contributed by atoms with Crippen LogP contribution < -0.4 is 15.8 Å². The second-order valence-electron chi connectivity index (χ2n) is 3.74. The van der Waals surface area contributed by atoms with E-state index in [1.54, 1.807) is 0 Å². The molecule has 20 heavy (non-hydrogen) atoms. The van der Waals surface area contributed by atoms with E-state index in [9.17, 15) is 18.0 Å². The van der Waals surface area contributed by atoms with Gasteiger partial charge in [0.1, 0.15) is 12.2 Å². The maximum atomic E-state index is 12.1. The van der Waals surface area contributed by atoms with Gasteiger partial charge in [-0.3, -0.25) is 4.79 Å². The van der Waals surface area contributed by atoms with Crippen LogP contribution in [0.15, 0.2) is 23.4 Å². The average molecular weight is 291 g/mol. The maximum Gasteiger partial charge on any atom is 0.397 e. The lowest BCUT2D eigenvalue weighted by Crippen LogP contribution is -2.21. The number of alkyl halides is 3. The Bertz CT molecular complexity index is 529. The topological polar surface area (TPSA) is 96.9 Å². The number of benzene rings is 1. The van der Waals surface area contributed by atoms with Crippen LogP contribution in [0.5, 0.6) is 5.75 Å². The molecule has 9 heteroatoms. The second-order valence-corrected chi connectivity index (χ2v) is 3.74. The predicted molar refractivity (Wildman–Crippen MR) is 64.8 cm³/mol. The number of amidine groups is 1. The number of ether oxygens (including phenoxy) is 1. The number of carbonyl (C=O) groups excluding carboxylic acids is 1. The van der Waals surface area contributed by atoms with Crippen molar-refractivity contribution in [1.29, 1.82) is 0 Å². The lowest BCUT2D eigenvalue weighted by atomic mass is 10.1. The zero-order chi connectivity index (χ0) is 15.3. The first-order valence-electron chi connectivity index (χ1n) is 5.29. The van der Waals surface area contributed by atoms with Crippen molar-refractivity contribution in [3.63, 3.8) is 0 Å². The highest BCUT2D eigenvalue weighted by Crippen LogP contribution is 2.27. The van der Waals surface area contributed by atoms with Gasteiger partial charge in [-0.1, -0.05) is 5.16 Å². The lowest BCUT2D eigenvalue weighted by molar-refractivity contribution is -0.150. The molecule has 0 aromatic heterocycles. The van der Waals surface area contributed by atoms with Gasteiger partial charge in [0.15, 0.2) is 5.84 Å². The standard InChI is InChI=1S/C11H12F3N3O3/c1-20-8-4-6(10(15)17-19)2-3-7(8)16-9(18)5-11(12,13)14/h2-4,19H,5H2,1H3,(H2,15,17)(H,16,18). The number of nitrogens with two attached hydrogens (primary N) is 1. The first kappa shape index (κ1) is 15.6. The molecule has 1 aromatic carbocycles. The fourth-order valence-corrected chi connectivity index (χ4v) is 1.39. The predicted octanol–water partition coefficient (Wildman–Crippen LogP) is 1.68. The van der Waals surface area contributed by atoms with Gasteiger partial charge in [0.25, 0.3) is 0 Å². The molecular weight excluding hydrogens is 279 g/mol. The summed E-state index contributed by atoms with van der Waals surface area (Å²) in [4.78, 5) is 11.2. The van der Waals surface area contributed by atoms with E-state index in [0.29, 0.717) is 0 Å². The van der Waals surface area contributed by atoms with Gasteiger partial charge in [-0.25, -0.2) is 0 Å². The van der Waals surface area contributed by atoms with Crippen LogP contribution in [0, 0.1) is 0 Å². The molecule has 0 saturated heterocycles. The number of amides is 1. The van der Waals surface area contributed by atoms with E-state index in [1.807, 2.05) is 0 Å². The van der Waals surface area contributed by atoms with Crippen LogP contribution in [-0.4, -0.2) is 30.2 Å². The minimum absolute atomic E-state index is 0.0521. The maximum absolute atomic E-state index is 12.1. The fourth-order valence-electron chi connectivity index (χ4n) is 1.39. The lowest BCUT2D eigenvalue weighted by Gasteiger charge is -2.12. The van der Waals surface area contributed by atoms with Gasteiger partial charge in [0.05, 0.1) is 12.8 Å². The number of nitrogens with zero attached hydrogens (tertiary/aromatic N) is 1. The summed E-state index contributed by atoms with van der Waals surface area (Å²) < 4.78 is 41.1.